The van der Waals surface area contributed by atoms with Crippen LogP contribution < -0.4 is 0 Å². The Morgan fingerprint density at radius 1 is 1.50 bits per heavy atom. The van der Waals surface area contributed by atoms with Gasteiger partial charge in [0.25, 0.3) is 12.1 Å². The van der Waals surface area contributed by atoms with Crippen LogP contribution in [0.2, 0.25) is 5.02 Å². The van der Waals surface area contributed by atoms with Crippen LogP contribution in [0.15, 0.2) is 12.1 Å². The molecule has 0 spiro atoms. The second-order valence-electron chi connectivity index (χ2n) is 2.39. The summed E-state index contributed by atoms with van der Waals surface area (Å²) >= 11 is 7.23. The van der Waals surface area contributed by atoms with E-state index in [2.05, 4.69) is 0 Å². The fourth-order valence-electron chi connectivity index (χ4n) is 0.860. The Bertz CT molecular complexity index is 386. The minimum Gasteiger partial charge on any atom is -0.258 e. The van der Waals surface area contributed by atoms with Gasteiger partial charge in [0, 0.05) is 21.3 Å². The summed E-state index contributed by atoms with van der Waals surface area (Å²) < 4.78 is 24.9. The zero-order chi connectivity index (χ0) is 10.9. The topological polar surface area (TPSA) is 43.1 Å². The molecule has 0 atom stereocenters. The van der Waals surface area contributed by atoms with Crippen molar-refractivity contribution in [3.05, 3.63) is 36.4 Å². The molecule has 1 aromatic rings. The Labute approximate surface area is 96.3 Å². The molecule has 0 aliphatic rings. The van der Waals surface area contributed by atoms with E-state index in [0.717, 1.165) is 12.1 Å². The lowest BCUT2D eigenvalue weighted by Gasteiger charge is -2.04. The molecule has 0 heterocycles. The molecular formula is C7H3ClF2INO2. The summed E-state index contributed by atoms with van der Waals surface area (Å²) in [6, 6.07) is 1.93. The average Bonchev–Trinajstić information content (AvgIpc) is 2.08. The van der Waals surface area contributed by atoms with Crippen molar-refractivity contribution in [2.45, 2.75) is 6.43 Å². The van der Waals surface area contributed by atoms with Gasteiger partial charge >= 0.3 is 0 Å². The van der Waals surface area contributed by atoms with Crippen LogP contribution in [-0.2, 0) is 0 Å². The standard InChI is InChI=1S/C7H3ClF2INO2/c8-6-4(7(9)10)1-3(12(13)14)2-5(6)11/h1-2,7H. The molecule has 76 valence electrons. The van der Waals surface area contributed by atoms with E-state index >= 15 is 0 Å². The zero-order valence-electron chi connectivity index (χ0n) is 6.51. The van der Waals surface area contributed by atoms with Crippen molar-refractivity contribution in [1.29, 1.82) is 0 Å². The van der Waals surface area contributed by atoms with Gasteiger partial charge in [-0.2, -0.15) is 0 Å². The van der Waals surface area contributed by atoms with Gasteiger partial charge in [-0.3, -0.25) is 10.1 Å². The quantitative estimate of drug-likeness (QED) is 0.469. The molecule has 0 bridgehead atoms. The normalized spacial score (nSPS) is 10.6. The molecule has 0 saturated carbocycles. The molecule has 0 fully saturated rings. The van der Waals surface area contributed by atoms with Gasteiger partial charge in [0.15, 0.2) is 0 Å². The molecule has 14 heavy (non-hydrogen) atoms. The fourth-order valence-corrected chi connectivity index (χ4v) is 1.68. The number of rotatable bonds is 2. The van der Waals surface area contributed by atoms with Gasteiger partial charge in [0.1, 0.15) is 0 Å². The highest BCUT2D eigenvalue weighted by Crippen LogP contribution is 2.34. The number of nitro groups is 1. The molecule has 1 rings (SSSR count). The molecule has 0 unspecified atom stereocenters. The van der Waals surface area contributed by atoms with Crippen LogP contribution in [0.25, 0.3) is 0 Å². The van der Waals surface area contributed by atoms with E-state index in [1.165, 1.54) is 0 Å². The first-order chi connectivity index (χ1) is 6.43. The van der Waals surface area contributed by atoms with Crippen LogP contribution >= 0.6 is 34.2 Å². The summed E-state index contributed by atoms with van der Waals surface area (Å²) in [5, 5.41) is 10.2. The highest BCUT2D eigenvalue weighted by molar-refractivity contribution is 14.1. The maximum Gasteiger partial charge on any atom is 0.271 e. The van der Waals surface area contributed by atoms with Crippen molar-refractivity contribution < 1.29 is 13.7 Å². The maximum atomic E-state index is 12.3. The number of benzene rings is 1. The Morgan fingerprint density at radius 2 is 2.07 bits per heavy atom. The van der Waals surface area contributed by atoms with E-state index < -0.39 is 16.9 Å². The molecule has 1 aromatic carbocycles. The van der Waals surface area contributed by atoms with Crippen molar-refractivity contribution >= 4 is 39.9 Å². The third kappa shape index (κ3) is 2.30. The first-order valence-corrected chi connectivity index (χ1v) is 4.80. The summed E-state index contributed by atoms with van der Waals surface area (Å²) in [7, 11) is 0. The summed E-state index contributed by atoms with van der Waals surface area (Å²) in [5.41, 5.74) is -0.889. The molecule has 0 aromatic heterocycles. The van der Waals surface area contributed by atoms with Gasteiger partial charge in [0.2, 0.25) is 0 Å². The average molecular weight is 333 g/mol. The number of non-ortho nitro benzene ring substituents is 1. The monoisotopic (exact) mass is 333 g/mol. The van der Waals surface area contributed by atoms with Crippen LogP contribution in [0.1, 0.15) is 12.0 Å². The van der Waals surface area contributed by atoms with Crippen LogP contribution in [0.5, 0.6) is 0 Å². The molecule has 3 nitrogen and oxygen atoms in total. The SMILES string of the molecule is O=[N+]([O-])c1cc(I)c(Cl)c(C(F)F)c1. The van der Waals surface area contributed by atoms with Crippen molar-refractivity contribution in [3.8, 4) is 0 Å². The van der Waals surface area contributed by atoms with Crippen molar-refractivity contribution in [3.63, 3.8) is 0 Å². The second kappa shape index (κ2) is 4.35. The van der Waals surface area contributed by atoms with E-state index in [4.69, 9.17) is 11.6 Å². The van der Waals surface area contributed by atoms with Gasteiger partial charge in [0.05, 0.1) is 9.95 Å². The molecular weight excluding hydrogens is 330 g/mol. The second-order valence-corrected chi connectivity index (χ2v) is 3.93. The summed E-state index contributed by atoms with van der Waals surface area (Å²) in [5.74, 6) is 0. The third-order valence-electron chi connectivity index (χ3n) is 1.49. The predicted octanol–water partition coefficient (Wildman–Crippen LogP) is 3.79. The highest BCUT2D eigenvalue weighted by Gasteiger charge is 2.19. The van der Waals surface area contributed by atoms with Gasteiger partial charge in [-0.25, -0.2) is 8.78 Å². The smallest absolute Gasteiger partial charge is 0.258 e. The Hall–Kier alpha value is -0.500. The molecule has 0 aliphatic heterocycles. The van der Waals surface area contributed by atoms with Gasteiger partial charge in [-0.1, -0.05) is 11.6 Å². The van der Waals surface area contributed by atoms with E-state index in [1.807, 2.05) is 0 Å². The minimum atomic E-state index is -2.81. The molecule has 0 radical (unpaired) electrons. The van der Waals surface area contributed by atoms with Gasteiger partial charge in [-0.15, -0.1) is 0 Å². The summed E-state index contributed by atoms with van der Waals surface area (Å²) in [6.45, 7) is 0. The lowest BCUT2D eigenvalue weighted by atomic mass is 10.2. The van der Waals surface area contributed by atoms with E-state index in [1.54, 1.807) is 22.6 Å². The van der Waals surface area contributed by atoms with Crippen molar-refractivity contribution in [2.75, 3.05) is 0 Å². The Balaban J connectivity index is 3.35. The minimum absolute atomic E-state index is 0.133. The lowest BCUT2D eigenvalue weighted by molar-refractivity contribution is -0.385. The third-order valence-corrected chi connectivity index (χ3v) is 3.08. The van der Waals surface area contributed by atoms with Crippen LogP contribution in [0.3, 0.4) is 0 Å². The predicted molar refractivity (Wildman–Crippen MR) is 55.8 cm³/mol. The molecule has 0 amide bonds. The molecule has 0 N–H and O–H groups in total. The first kappa shape index (κ1) is 11.6. The van der Waals surface area contributed by atoms with E-state index in [-0.39, 0.29) is 14.3 Å². The number of hydrogen-bond acceptors (Lipinski definition) is 2. The highest BCUT2D eigenvalue weighted by atomic mass is 127. The Kier molecular flexibility index (Phi) is 3.59. The first-order valence-electron chi connectivity index (χ1n) is 3.35. The number of alkyl halides is 2. The number of nitrogens with zero attached hydrogens (tertiary/aromatic N) is 1. The van der Waals surface area contributed by atoms with Gasteiger partial charge in [-0.05, 0) is 22.6 Å². The summed E-state index contributed by atoms with van der Waals surface area (Å²) in [6.07, 6.45) is -2.81. The molecule has 7 heteroatoms. The fraction of sp³-hybridized carbons (Fsp3) is 0.143. The zero-order valence-corrected chi connectivity index (χ0v) is 9.42. The van der Waals surface area contributed by atoms with E-state index in [0.29, 0.717) is 0 Å². The maximum absolute atomic E-state index is 12.3. The largest absolute Gasteiger partial charge is 0.271 e. The van der Waals surface area contributed by atoms with Gasteiger partial charge < -0.3 is 0 Å². The van der Waals surface area contributed by atoms with Crippen LogP contribution in [-0.4, -0.2) is 4.92 Å². The Morgan fingerprint density at radius 3 is 2.50 bits per heavy atom. The lowest BCUT2D eigenvalue weighted by Crippen LogP contribution is -1.94. The molecule has 0 saturated heterocycles. The van der Waals surface area contributed by atoms with Crippen LogP contribution in [0, 0.1) is 13.7 Å². The van der Waals surface area contributed by atoms with E-state index in [9.17, 15) is 18.9 Å². The van der Waals surface area contributed by atoms with Crippen LogP contribution in [0.4, 0.5) is 14.5 Å². The number of nitro benzene ring substituents is 1. The van der Waals surface area contributed by atoms with Crippen molar-refractivity contribution in [1.82, 2.24) is 0 Å². The number of halogens is 4. The number of hydrogen-bond donors (Lipinski definition) is 0. The summed E-state index contributed by atoms with van der Waals surface area (Å²) in [4.78, 5) is 9.62. The van der Waals surface area contributed by atoms with Crippen molar-refractivity contribution in [2.24, 2.45) is 0 Å². The molecule has 0 aliphatic carbocycles.